The third-order valence-electron chi connectivity index (χ3n) is 13.6. The number of aromatic amines is 1. The average Bonchev–Trinajstić information content (AvgIpc) is 4.35. The zero-order valence-corrected chi connectivity index (χ0v) is 46.9. The average molecular weight is 1100 g/mol. The van der Waals surface area contributed by atoms with E-state index in [2.05, 4.69) is 64.8 Å². The van der Waals surface area contributed by atoms with Gasteiger partial charge in [0.1, 0.15) is 22.8 Å². The van der Waals surface area contributed by atoms with Gasteiger partial charge in [-0.2, -0.15) is 16.8 Å². The second-order valence-corrected chi connectivity index (χ2v) is 21.0. The number of hydrogen-bond acceptors (Lipinski definition) is 19. The fraction of sp³-hybridized carbons (Fsp3) is 0.382. The Bertz CT molecular complexity index is 3630. The molecule has 0 unspecified atom stereocenters. The Labute approximate surface area is 456 Å². The summed E-state index contributed by atoms with van der Waals surface area (Å²) in [6.07, 6.45) is 14.2. The molecule has 21 nitrogen and oxygen atoms in total. The quantitative estimate of drug-likeness (QED) is 0.0672. The largest absolute Gasteiger partial charge is 0.361 e. The smallest absolute Gasteiger partial charge is 0.335 e. The van der Waals surface area contributed by atoms with Gasteiger partial charge in [-0.25, -0.2) is 29.9 Å². The maximum atomic E-state index is 11.8. The van der Waals surface area contributed by atoms with E-state index in [9.17, 15) is 8.42 Å². The van der Waals surface area contributed by atoms with Crippen LogP contribution in [0.25, 0.3) is 72.8 Å². The van der Waals surface area contributed by atoms with Gasteiger partial charge >= 0.3 is 11.6 Å². The number of para-hydroxylation sites is 1. The van der Waals surface area contributed by atoms with Crippen molar-refractivity contribution in [1.82, 2.24) is 55.1 Å². The number of anilines is 2. The van der Waals surface area contributed by atoms with E-state index >= 15 is 0 Å². The first-order valence-corrected chi connectivity index (χ1v) is 28.4. The highest BCUT2D eigenvalue weighted by atomic mass is 32.2. The van der Waals surface area contributed by atoms with Gasteiger partial charge in [0.15, 0.2) is 0 Å². The monoisotopic (exact) mass is 1100 g/mol. The number of likely N-dealkylation sites (N-methyl/N-ethyl adjacent to an activating group) is 1. The summed E-state index contributed by atoms with van der Waals surface area (Å²) >= 11 is -0.750. The van der Waals surface area contributed by atoms with E-state index in [1.54, 1.807) is 6.20 Å². The number of rotatable bonds is 13. The van der Waals surface area contributed by atoms with Crippen LogP contribution in [-0.4, -0.2) is 110 Å². The Morgan fingerprint density at radius 2 is 1.26 bits per heavy atom. The molecule has 2 saturated carbocycles. The number of hydrogen-bond donors (Lipinski definition) is 5. The number of aromatic nitrogens is 10. The number of nitrogens with one attached hydrogen (secondary N) is 4. The molecule has 2 fully saturated rings. The van der Waals surface area contributed by atoms with Crippen LogP contribution >= 0.6 is 0 Å². The van der Waals surface area contributed by atoms with E-state index in [0.29, 0.717) is 30.4 Å². The van der Waals surface area contributed by atoms with Crippen molar-refractivity contribution in [3.05, 3.63) is 113 Å². The molecule has 78 heavy (non-hydrogen) atoms. The van der Waals surface area contributed by atoms with Crippen molar-refractivity contribution in [2.24, 2.45) is 5.73 Å². The number of pyridine rings is 2. The second kappa shape index (κ2) is 25.3. The molecule has 0 amide bonds. The predicted molar refractivity (Wildman–Crippen MR) is 302 cm³/mol. The fourth-order valence-corrected chi connectivity index (χ4v) is 10.9. The summed E-state index contributed by atoms with van der Waals surface area (Å²) in [5.74, 6) is 2.59. The molecule has 8 aromatic heterocycles. The molecular formula is C55H66N14O7S2. The Balaban J connectivity index is 0.000000191. The number of benzene rings is 1. The van der Waals surface area contributed by atoms with E-state index < -0.39 is 27.8 Å². The summed E-state index contributed by atoms with van der Waals surface area (Å²) in [7, 11) is -3.56. The predicted octanol–water partition coefficient (Wildman–Crippen LogP) is 9.21. The molecule has 0 aliphatic heterocycles. The van der Waals surface area contributed by atoms with Gasteiger partial charge < -0.3 is 40.3 Å². The lowest BCUT2D eigenvalue weighted by molar-refractivity contribution is 0.207. The molecule has 6 N–H and O–H groups in total. The van der Waals surface area contributed by atoms with Crippen LogP contribution in [0.2, 0.25) is 0 Å². The highest BCUT2D eigenvalue weighted by Gasteiger charge is 2.32. The van der Waals surface area contributed by atoms with Gasteiger partial charge in [-0.15, -0.1) is 0 Å². The van der Waals surface area contributed by atoms with Gasteiger partial charge in [-0.1, -0.05) is 42.4 Å². The zero-order valence-electron chi connectivity index (χ0n) is 45.2. The first kappa shape index (κ1) is 56.6. The molecule has 23 heteroatoms. The van der Waals surface area contributed by atoms with Crippen LogP contribution in [0, 0.1) is 41.5 Å². The van der Waals surface area contributed by atoms with Crippen LogP contribution in [0.15, 0.2) is 88.4 Å². The molecule has 1 aromatic carbocycles. The van der Waals surface area contributed by atoms with Crippen LogP contribution in [0.1, 0.15) is 86.4 Å². The van der Waals surface area contributed by atoms with Crippen molar-refractivity contribution >= 4 is 55.7 Å². The Morgan fingerprint density at radius 3 is 1.83 bits per heavy atom. The van der Waals surface area contributed by atoms with Gasteiger partial charge in [0.05, 0.1) is 63.7 Å². The van der Waals surface area contributed by atoms with Crippen LogP contribution in [-0.2, 0) is 25.9 Å². The summed E-state index contributed by atoms with van der Waals surface area (Å²) in [6.45, 7) is 17.4. The first-order valence-electron chi connectivity index (χ1n) is 25.9. The van der Waals surface area contributed by atoms with E-state index in [0.717, 1.165) is 145 Å². The standard InChI is InChI=1S/C29H30N6O4S.C24H29N7O.C2H7N.O2S/c1-17-15-30-29(32-23-11-8-12-25(23)39-40(4,36)37)33-27(17)22-16-35(20-9-6-5-7-10-20)28-21(22)13-14-24(31-28)26-18(2)34-38-19(26)3;1-5-25-18-7-6-8-19(18)29-24-27-11-13(2)22(30-24)17-12-26-23-16(17)9-10-20(28-23)21-14(3)31-32-15(21)4;1-2-3;1-3-2/h5-7,9-10,13-16,23,25H,8,11-12H2,1-4H3,(H,30,32,33);9-12,18-19,25H,5-8H2,1-4H3,(H,26,28)(H,27,29,30);2-3H2,1H3;/t23-,25+;18-,19-;;/m00../s1. The van der Waals surface area contributed by atoms with E-state index in [-0.39, 0.29) is 6.04 Å². The fourth-order valence-electron chi connectivity index (χ4n) is 10.2. The lowest BCUT2D eigenvalue weighted by atomic mass is 10.1. The molecule has 0 radical (unpaired) electrons. The first-order chi connectivity index (χ1) is 37.6. The van der Waals surface area contributed by atoms with Gasteiger partial charge in [0.25, 0.3) is 10.1 Å². The van der Waals surface area contributed by atoms with Crippen molar-refractivity contribution < 1.29 is 30.1 Å². The number of nitrogens with zero attached hydrogens (tertiary/aromatic N) is 9. The summed E-state index contributed by atoms with van der Waals surface area (Å²) in [5, 5.41) is 20.6. The number of aryl methyl sites for hydroxylation is 6. The van der Waals surface area contributed by atoms with Gasteiger partial charge in [-0.05, 0) is 141 Å². The molecule has 8 heterocycles. The summed E-state index contributed by atoms with van der Waals surface area (Å²) < 4.78 is 58.2. The second-order valence-electron chi connectivity index (χ2n) is 19.3. The summed E-state index contributed by atoms with van der Waals surface area (Å²) in [6, 6.07) is 18.8. The van der Waals surface area contributed by atoms with Gasteiger partial charge in [0.2, 0.25) is 11.9 Å². The van der Waals surface area contributed by atoms with Gasteiger partial charge in [0, 0.05) is 64.5 Å². The lowest BCUT2D eigenvalue weighted by Gasteiger charge is -2.22. The molecule has 4 atom stereocenters. The minimum atomic E-state index is -3.56. The molecule has 410 valence electrons. The molecule has 11 rings (SSSR count). The highest BCUT2D eigenvalue weighted by molar-refractivity contribution is 7.86. The van der Waals surface area contributed by atoms with Gasteiger partial charge in [-0.3, -0.25) is 4.18 Å². The molecular weight excluding hydrogens is 1030 g/mol. The van der Waals surface area contributed by atoms with E-state index in [4.69, 9.17) is 47.3 Å². The summed E-state index contributed by atoms with van der Waals surface area (Å²) in [5.41, 5.74) is 18.0. The maximum Gasteiger partial charge on any atom is 0.335 e. The third kappa shape index (κ3) is 12.9. The minimum Gasteiger partial charge on any atom is -0.361 e. The number of H-pyrrole nitrogens is 1. The van der Waals surface area contributed by atoms with Crippen molar-refractivity contribution in [2.45, 2.75) is 118 Å². The Hall–Kier alpha value is -7.57. The van der Waals surface area contributed by atoms with Crippen molar-refractivity contribution in [2.75, 3.05) is 30.0 Å². The topological polar surface area (TPSA) is 290 Å². The van der Waals surface area contributed by atoms with E-state index in [1.165, 1.54) is 12.8 Å². The Kier molecular flexibility index (Phi) is 18.3. The molecule has 2 aliphatic carbocycles. The van der Waals surface area contributed by atoms with Crippen LogP contribution in [0.5, 0.6) is 0 Å². The van der Waals surface area contributed by atoms with Crippen LogP contribution < -0.4 is 21.7 Å². The Morgan fingerprint density at radius 1 is 0.718 bits per heavy atom. The zero-order chi connectivity index (χ0) is 55.7. The number of fused-ring (bicyclic) bond motifs is 2. The van der Waals surface area contributed by atoms with E-state index in [1.807, 2.05) is 110 Å². The lowest BCUT2D eigenvalue weighted by Crippen LogP contribution is -2.40. The molecule has 2 aliphatic rings. The molecule has 0 saturated heterocycles. The molecule has 9 aromatic rings. The molecule has 0 bridgehead atoms. The normalized spacial score (nSPS) is 16.9. The number of nitrogens with two attached hydrogens (primary N) is 1. The van der Waals surface area contributed by atoms with Crippen LogP contribution in [0.3, 0.4) is 0 Å². The third-order valence-corrected chi connectivity index (χ3v) is 14.2. The molecule has 0 spiro atoms. The maximum absolute atomic E-state index is 11.8. The van der Waals surface area contributed by atoms with Crippen LogP contribution in [0.4, 0.5) is 11.9 Å². The van der Waals surface area contributed by atoms with Crippen molar-refractivity contribution in [1.29, 1.82) is 0 Å². The highest BCUT2D eigenvalue weighted by Crippen LogP contribution is 2.37. The van der Waals surface area contributed by atoms with Crippen molar-refractivity contribution in [3.8, 4) is 50.7 Å². The summed E-state index contributed by atoms with van der Waals surface area (Å²) in [4.78, 5) is 32.1. The minimum absolute atomic E-state index is 0.199. The van der Waals surface area contributed by atoms with Crippen molar-refractivity contribution in [3.63, 3.8) is 0 Å². The SMILES string of the molecule is CCN.CCN[C@H]1CCC[C@@H]1Nc1ncc(C)c(-c2c[nH]c3nc(-c4c(C)noc4C)ccc23)n1.Cc1cnc(N[C@H]2CCC[C@H]2OS(C)(=O)=O)nc1-c1cn(-c2ccccc2)c2nc(-c3c(C)noc3C)ccc12.O=S=O.